The summed E-state index contributed by atoms with van der Waals surface area (Å²) in [5, 5.41) is 11.2. The molecule has 7 atom stereocenters. The molecule has 0 amide bonds. The van der Waals surface area contributed by atoms with Crippen molar-refractivity contribution in [2.75, 3.05) is 6.61 Å². The molecule has 1 saturated heterocycles. The second-order valence-corrected chi connectivity index (χ2v) is 9.94. The number of fused-ring (bicyclic) bond motifs is 3. The molecule has 0 aromatic rings. The van der Waals surface area contributed by atoms with E-state index in [0.717, 1.165) is 6.29 Å². The fourth-order valence-electron chi connectivity index (χ4n) is 6.91. The van der Waals surface area contributed by atoms with Gasteiger partial charge in [0.15, 0.2) is 5.78 Å². The number of carbonyl (C=O) groups is 4. The van der Waals surface area contributed by atoms with Gasteiger partial charge in [-0.25, -0.2) is 0 Å². The van der Waals surface area contributed by atoms with E-state index in [4.69, 9.17) is 9.47 Å². The lowest BCUT2D eigenvalue weighted by molar-refractivity contribution is -0.261. The molecule has 7 heteroatoms. The van der Waals surface area contributed by atoms with Crippen LogP contribution < -0.4 is 0 Å². The highest BCUT2D eigenvalue weighted by Crippen LogP contribution is 2.68. The number of aliphatic hydroxyl groups is 1. The van der Waals surface area contributed by atoms with Crippen LogP contribution in [0.3, 0.4) is 0 Å². The van der Waals surface area contributed by atoms with Crippen molar-refractivity contribution in [1.82, 2.24) is 0 Å². The zero-order valence-electron chi connectivity index (χ0n) is 17.1. The number of aldehydes is 1. The highest BCUT2D eigenvalue weighted by molar-refractivity contribution is 6.15. The van der Waals surface area contributed by atoms with E-state index in [0.29, 0.717) is 24.8 Å². The number of ether oxygens (including phenoxy) is 2. The Labute approximate surface area is 169 Å². The van der Waals surface area contributed by atoms with Crippen LogP contribution in [0.15, 0.2) is 12.2 Å². The monoisotopic (exact) mass is 404 g/mol. The van der Waals surface area contributed by atoms with Crippen LogP contribution in [-0.4, -0.2) is 47.9 Å². The van der Waals surface area contributed by atoms with Gasteiger partial charge in [0.05, 0.1) is 11.5 Å². The molecule has 1 spiro atoms. The van der Waals surface area contributed by atoms with Crippen molar-refractivity contribution in [2.24, 2.45) is 34.0 Å². The quantitative estimate of drug-likeness (QED) is 0.330. The maximum absolute atomic E-state index is 13.3. The summed E-state index contributed by atoms with van der Waals surface area (Å²) in [5.41, 5.74) is -2.86. The van der Waals surface area contributed by atoms with E-state index >= 15 is 0 Å². The first kappa shape index (κ1) is 20.3. The minimum atomic E-state index is -1.56. The third kappa shape index (κ3) is 2.39. The van der Waals surface area contributed by atoms with E-state index in [9.17, 15) is 24.3 Å². The Balaban J connectivity index is 1.96. The topological polar surface area (TPSA) is 107 Å². The number of Topliss-reactive ketones (excluding diaryl/α,β-unsaturated/α-hetero) is 1. The molecule has 4 fully saturated rings. The van der Waals surface area contributed by atoms with Crippen LogP contribution in [0.4, 0.5) is 0 Å². The Bertz CT molecular complexity index is 814. The lowest BCUT2D eigenvalue weighted by Gasteiger charge is -2.63. The standard InChI is InChI=1S/C22H28O7/c1-11-13-7-14(25)17-21(8-13,18(11)26)19(27)29-16-5-6-20(3,4)15(9-23)22(16,17)10-28-12(2)24/h9,13-17,25H,1,5-8,10H2,2-4H3/t13-,14-,15+,16-,17+,21-,22-/m0/s1. The first-order valence-electron chi connectivity index (χ1n) is 10.2. The Hall–Kier alpha value is -2.02. The van der Waals surface area contributed by atoms with Crippen LogP contribution in [0.5, 0.6) is 0 Å². The smallest absolute Gasteiger partial charge is 0.320 e. The summed E-state index contributed by atoms with van der Waals surface area (Å²) in [7, 11) is 0. The van der Waals surface area contributed by atoms with Crippen molar-refractivity contribution >= 4 is 24.0 Å². The van der Waals surface area contributed by atoms with Crippen LogP contribution in [0.25, 0.3) is 0 Å². The van der Waals surface area contributed by atoms with Crippen molar-refractivity contribution in [3.05, 3.63) is 12.2 Å². The zero-order valence-corrected chi connectivity index (χ0v) is 17.1. The normalized spacial score (nSPS) is 45.1. The van der Waals surface area contributed by atoms with Gasteiger partial charge in [0.25, 0.3) is 0 Å². The molecular weight excluding hydrogens is 376 g/mol. The Morgan fingerprint density at radius 2 is 2.07 bits per heavy atom. The maximum Gasteiger partial charge on any atom is 0.320 e. The predicted molar refractivity (Wildman–Crippen MR) is 100 cm³/mol. The summed E-state index contributed by atoms with van der Waals surface area (Å²) < 4.78 is 11.3. The van der Waals surface area contributed by atoms with Crippen molar-refractivity contribution in [3.63, 3.8) is 0 Å². The summed E-state index contributed by atoms with van der Waals surface area (Å²) in [5.74, 6) is -3.36. The number of carbonyl (C=O) groups excluding carboxylic acids is 4. The second-order valence-electron chi connectivity index (χ2n) is 9.94. The Kier molecular flexibility index (Phi) is 4.36. The van der Waals surface area contributed by atoms with Crippen LogP contribution in [0, 0.1) is 34.0 Å². The fourth-order valence-corrected chi connectivity index (χ4v) is 6.91. The van der Waals surface area contributed by atoms with Gasteiger partial charge in [-0.05, 0) is 42.6 Å². The summed E-state index contributed by atoms with van der Waals surface area (Å²) in [6.45, 7) is 8.88. The van der Waals surface area contributed by atoms with E-state index in [1.807, 2.05) is 13.8 Å². The van der Waals surface area contributed by atoms with Gasteiger partial charge in [0, 0.05) is 18.8 Å². The zero-order chi connectivity index (χ0) is 21.4. The molecule has 1 heterocycles. The molecule has 1 aliphatic heterocycles. The number of aliphatic hydroxyl groups excluding tert-OH is 1. The van der Waals surface area contributed by atoms with Gasteiger partial charge in [-0.2, -0.15) is 0 Å². The average Bonchev–Trinajstić information content (AvgIpc) is 2.83. The largest absolute Gasteiger partial charge is 0.465 e. The first-order chi connectivity index (χ1) is 13.5. The van der Waals surface area contributed by atoms with E-state index in [2.05, 4.69) is 6.58 Å². The van der Waals surface area contributed by atoms with Crippen LogP contribution in [-0.2, 0) is 28.7 Å². The third-order valence-electron chi connectivity index (χ3n) is 8.13. The van der Waals surface area contributed by atoms with Crippen LogP contribution in [0.1, 0.15) is 46.5 Å². The van der Waals surface area contributed by atoms with Gasteiger partial charge in [0.2, 0.25) is 0 Å². The van der Waals surface area contributed by atoms with E-state index in [1.54, 1.807) is 0 Å². The minimum absolute atomic E-state index is 0.180. The molecule has 0 unspecified atom stereocenters. The van der Waals surface area contributed by atoms with Crippen molar-refractivity contribution in [1.29, 1.82) is 0 Å². The van der Waals surface area contributed by atoms with Gasteiger partial charge >= 0.3 is 11.9 Å². The van der Waals surface area contributed by atoms with Crippen molar-refractivity contribution in [3.8, 4) is 0 Å². The first-order valence-corrected chi connectivity index (χ1v) is 10.2. The third-order valence-corrected chi connectivity index (χ3v) is 8.13. The SMILES string of the molecule is C=C1C(=O)[C@]23C[C@@H]1C[C@H](O)[C@H]2[C@]1(COC(C)=O)[C@H](CCC(C)(C)[C@H]1C=O)OC3=O. The minimum Gasteiger partial charge on any atom is -0.465 e. The summed E-state index contributed by atoms with van der Waals surface area (Å²) in [6, 6.07) is 0. The van der Waals surface area contributed by atoms with Crippen molar-refractivity contribution < 1.29 is 33.8 Å². The molecule has 3 aliphatic carbocycles. The van der Waals surface area contributed by atoms with Crippen LogP contribution in [0.2, 0.25) is 0 Å². The van der Waals surface area contributed by atoms with Gasteiger partial charge in [-0.3, -0.25) is 14.4 Å². The van der Waals surface area contributed by atoms with E-state index < -0.39 is 58.0 Å². The molecule has 4 aliphatic rings. The number of hydrogen-bond donors (Lipinski definition) is 1. The molecular formula is C22H28O7. The Morgan fingerprint density at radius 3 is 2.69 bits per heavy atom. The van der Waals surface area contributed by atoms with Gasteiger partial charge in [-0.1, -0.05) is 20.4 Å². The molecule has 29 heavy (non-hydrogen) atoms. The number of esters is 2. The molecule has 1 N–H and O–H groups in total. The van der Waals surface area contributed by atoms with E-state index in [-0.39, 0.29) is 18.9 Å². The van der Waals surface area contributed by atoms with Gasteiger partial charge in [0.1, 0.15) is 24.4 Å². The molecule has 2 bridgehead atoms. The highest BCUT2D eigenvalue weighted by Gasteiger charge is 2.77. The van der Waals surface area contributed by atoms with E-state index in [1.165, 1.54) is 6.92 Å². The lowest BCUT2D eigenvalue weighted by Crippen LogP contribution is -2.72. The van der Waals surface area contributed by atoms with Gasteiger partial charge in [-0.15, -0.1) is 0 Å². The van der Waals surface area contributed by atoms with Gasteiger partial charge < -0.3 is 19.4 Å². The summed E-state index contributed by atoms with van der Waals surface area (Å²) >= 11 is 0. The lowest BCUT2D eigenvalue weighted by atomic mass is 9.43. The maximum atomic E-state index is 13.3. The predicted octanol–water partition coefficient (Wildman–Crippen LogP) is 1.61. The molecule has 0 aromatic heterocycles. The fraction of sp³-hybridized carbons (Fsp3) is 0.727. The second kappa shape index (κ2) is 6.24. The summed E-state index contributed by atoms with van der Waals surface area (Å²) in [6.07, 6.45) is 0.754. The molecule has 0 aromatic carbocycles. The molecule has 0 radical (unpaired) electrons. The number of hydrogen-bond acceptors (Lipinski definition) is 7. The Morgan fingerprint density at radius 1 is 1.38 bits per heavy atom. The van der Waals surface area contributed by atoms with Crippen molar-refractivity contribution in [2.45, 2.75) is 58.7 Å². The number of allylic oxidation sites excluding steroid dienone is 1. The molecule has 4 rings (SSSR count). The molecule has 7 nitrogen and oxygen atoms in total. The number of ketones is 1. The molecule has 3 saturated carbocycles. The average molecular weight is 404 g/mol. The highest BCUT2D eigenvalue weighted by atomic mass is 16.6. The molecule has 158 valence electrons. The number of rotatable bonds is 3. The van der Waals surface area contributed by atoms with Crippen LogP contribution >= 0.6 is 0 Å². The summed E-state index contributed by atoms with van der Waals surface area (Å²) in [4.78, 5) is 50.7.